The molecule has 1 saturated heterocycles. The third kappa shape index (κ3) is 6.94. The molecule has 37 heavy (non-hydrogen) atoms. The fourth-order valence-corrected chi connectivity index (χ4v) is 4.42. The van der Waals surface area contributed by atoms with Gasteiger partial charge in [-0.25, -0.2) is 0 Å². The number of aryl methyl sites for hydroxylation is 3. The van der Waals surface area contributed by atoms with Crippen molar-refractivity contribution >= 4 is 11.9 Å². The maximum atomic E-state index is 12.9. The van der Waals surface area contributed by atoms with Crippen molar-refractivity contribution in [1.82, 2.24) is 20.2 Å². The normalized spacial score (nSPS) is 18.3. The van der Waals surface area contributed by atoms with Crippen LogP contribution in [0.2, 0.25) is 0 Å². The second kappa shape index (κ2) is 12.3. The first kappa shape index (κ1) is 28.3. The number of likely N-dealkylation sites (tertiary alicyclic amines) is 1. The number of aromatic nitrogens is 2. The summed E-state index contributed by atoms with van der Waals surface area (Å²) in [5.41, 5.74) is 3.42. The summed E-state index contributed by atoms with van der Waals surface area (Å²) in [5.74, 6) is -2.38. The summed E-state index contributed by atoms with van der Waals surface area (Å²) in [6.07, 6.45) is 0.170. The van der Waals surface area contributed by atoms with Gasteiger partial charge in [-0.05, 0) is 64.7 Å². The van der Waals surface area contributed by atoms with Crippen LogP contribution in [0.5, 0.6) is 11.5 Å². The lowest BCUT2D eigenvalue weighted by molar-refractivity contribution is -0.155. The molecule has 4 atom stereocenters. The Labute approximate surface area is 216 Å². The van der Waals surface area contributed by atoms with Gasteiger partial charge in [-0.1, -0.05) is 6.07 Å². The van der Waals surface area contributed by atoms with Crippen molar-refractivity contribution in [2.75, 3.05) is 13.2 Å². The van der Waals surface area contributed by atoms with E-state index in [1.165, 1.54) is 12.1 Å². The van der Waals surface area contributed by atoms with Crippen molar-refractivity contribution in [1.29, 1.82) is 0 Å². The van der Waals surface area contributed by atoms with Gasteiger partial charge in [0.15, 0.2) is 11.5 Å². The molecule has 2 aromatic rings. The summed E-state index contributed by atoms with van der Waals surface area (Å²) < 4.78 is 5.52. The van der Waals surface area contributed by atoms with E-state index in [4.69, 9.17) is 4.74 Å². The Morgan fingerprint density at radius 2 is 1.84 bits per heavy atom. The summed E-state index contributed by atoms with van der Waals surface area (Å²) in [6.45, 7) is 7.13. The van der Waals surface area contributed by atoms with Crippen LogP contribution in [0.25, 0.3) is 0 Å². The molecule has 11 nitrogen and oxygen atoms in total. The average Bonchev–Trinajstić information content (AvgIpc) is 3.35. The zero-order valence-electron chi connectivity index (χ0n) is 21.6. The van der Waals surface area contributed by atoms with Crippen molar-refractivity contribution in [3.05, 3.63) is 46.5 Å². The maximum absolute atomic E-state index is 12.9. The second-order valence-corrected chi connectivity index (χ2v) is 9.55. The number of benzene rings is 1. The van der Waals surface area contributed by atoms with E-state index < -0.39 is 42.7 Å². The van der Waals surface area contributed by atoms with E-state index >= 15 is 0 Å². The number of carbonyl (C=O) groups excluding carboxylic acids is 2. The predicted octanol–water partition coefficient (Wildman–Crippen LogP) is 0.995. The number of phenolic OH excluding ortho intramolecular Hbond substituents is 2. The number of esters is 1. The van der Waals surface area contributed by atoms with Crippen molar-refractivity contribution in [3.63, 3.8) is 0 Å². The summed E-state index contributed by atoms with van der Waals surface area (Å²) in [5, 5.41) is 42.6. The highest BCUT2D eigenvalue weighted by Crippen LogP contribution is 2.26. The Kier molecular flexibility index (Phi) is 9.41. The molecule has 1 aromatic carbocycles. The third-order valence-electron chi connectivity index (χ3n) is 6.77. The molecular formula is C26H36N4O7. The molecule has 0 radical (unpaired) electrons. The molecule has 202 valence electrons. The van der Waals surface area contributed by atoms with Gasteiger partial charge in [0.1, 0.15) is 18.9 Å². The molecule has 0 bridgehead atoms. The number of nitrogens with one attached hydrogen (secondary N) is 1. The van der Waals surface area contributed by atoms with Gasteiger partial charge < -0.3 is 30.5 Å². The fourth-order valence-electron chi connectivity index (χ4n) is 4.42. The Balaban J connectivity index is 1.58. The molecule has 1 aliphatic rings. The molecule has 1 aromatic heterocycles. The average molecular weight is 517 g/mol. The van der Waals surface area contributed by atoms with Gasteiger partial charge in [-0.2, -0.15) is 0 Å². The smallest absolute Gasteiger partial charge is 0.323 e. The lowest BCUT2D eigenvalue weighted by atomic mass is 9.98. The molecule has 11 heteroatoms. The number of carbonyl (C=O) groups is 2. The fraction of sp³-hybridized carbons (Fsp3) is 0.538. The largest absolute Gasteiger partial charge is 0.504 e. The topological polar surface area (TPSA) is 165 Å². The number of hydrogen-bond acceptors (Lipinski definition) is 10. The molecule has 2 heterocycles. The summed E-state index contributed by atoms with van der Waals surface area (Å²) >= 11 is 0. The predicted molar refractivity (Wildman–Crippen MR) is 133 cm³/mol. The third-order valence-corrected chi connectivity index (χ3v) is 6.77. The molecule has 5 N–H and O–H groups in total. The zero-order chi connectivity index (χ0) is 27.3. The maximum Gasteiger partial charge on any atom is 0.323 e. The van der Waals surface area contributed by atoms with Gasteiger partial charge in [-0.3, -0.25) is 24.5 Å². The Bertz CT molecular complexity index is 1130. The highest BCUT2D eigenvalue weighted by atomic mass is 16.5. The van der Waals surface area contributed by atoms with Crippen molar-refractivity contribution in [2.24, 2.45) is 5.92 Å². The lowest BCUT2D eigenvalue weighted by Crippen LogP contribution is -2.54. The first-order chi connectivity index (χ1) is 17.5. The van der Waals surface area contributed by atoms with Gasteiger partial charge in [0, 0.05) is 6.54 Å². The SMILES string of the molecule is Cc1nc(C)c(COC(=O)C2CCCN2C(O)[C@H](C)NC(=O)C(CO)Cc2ccc(O)c(O)c2)nc1C. The quantitative estimate of drug-likeness (QED) is 0.227. The van der Waals surface area contributed by atoms with Crippen molar-refractivity contribution < 1.29 is 34.8 Å². The Hall–Kier alpha value is -3.28. The minimum Gasteiger partial charge on any atom is -0.504 e. The number of nitrogens with zero attached hydrogens (tertiary/aromatic N) is 3. The van der Waals surface area contributed by atoms with Crippen LogP contribution in [0.3, 0.4) is 0 Å². The van der Waals surface area contributed by atoms with Crippen LogP contribution in [0.1, 0.15) is 48.1 Å². The molecule has 0 spiro atoms. The van der Waals surface area contributed by atoms with Gasteiger partial charge in [0.25, 0.3) is 0 Å². The van der Waals surface area contributed by atoms with Crippen LogP contribution in [-0.4, -0.2) is 78.6 Å². The van der Waals surface area contributed by atoms with E-state index in [9.17, 15) is 30.0 Å². The number of aliphatic hydroxyl groups excluding tert-OH is 2. The van der Waals surface area contributed by atoms with Gasteiger partial charge >= 0.3 is 5.97 Å². The van der Waals surface area contributed by atoms with Gasteiger partial charge in [0.05, 0.1) is 41.3 Å². The molecule has 0 aliphatic carbocycles. The number of amides is 1. The molecule has 1 fully saturated rings. The van der Waals surface area contributed by atoms with E-state index in [1.807, 2.05) is 20.8 Å². The van der Waals surface area contributed by atoms with Crippen LogP contribution in [0.4, 0.5) is 0 Å². The van der Waals surface area contributed by atoms with Crippen LogP contribution in [0, 0.1) is 26.7 Å². The monoisotopic (exact) mass is 516 g/mol. The van der Waals surface area contributed by atoms with E-state index in [0.717, 1.165) is 11.4 Å². The molecule has 3 unspecified atom stereocenters. The minimum absolute atomic E-state index is 0.0174. The van der Waals surface area contributed by atoms with Crippen molar-refractivity contribution in [2.45, 2.75) is 71.9 Å². The van der Waals surface area contributed by atoms with Crippen LogP contribution in [-0.2, 0) is 27.4 Å². The highest BCUT2D eigenvalue weighted by molar-refractivity contribution is 5.79. The van der Waals surface area contributed by atoms with E-state index in [-0.39, 0.29) is 24.5 Å². The summed E-state index contributed by atoms with van der Waals surface area (Å²) in [7, 11) is 0. The second-order valence-electron chi connectivity index (χ2n) is 9.55. The Morgan fingerprint density at radius 3 is 2.51 bits per heavy atom. The Morgan fingerprint density at radius 1 is 1.14 bits per heavy atom. The van der Waals surface area contributed by atoms with E-state index in [1.54, 1.807) is 17.9 Å². The summed E-state index contributed by atoms with van der Waals surface area (Å²) in [4.78, 5) is 36.1. The van der Waals surface area contributed by atoms with Crippen molar-refractivity contribution in [3.8, 4) is 11.5 Å². The first-order valence-electron chi connectivity index (χ1n) is 12.3. The standard InChI is InChI=1S/C26H36N4O7/c1-14-15(2)28-20(16(3)27-14)13-37-26(36)21-6-5-9-30(21)25(35)17(4)29-24(34)19(12-31)10-18-7-8-22(32)23(33)11-18/h7-8,11,17,19,21,25,31-33,35H,5-6,9-10,12-13H2,1-4H3,(H,29,34)/t17-,19?,21?,25?/m0/s1. The van der Waals surface area contributed by atoms with E-state index in [2.05, 4.69) is 15.3 Å². The number of aliphatic hydroxyl groups is 2. The molecule has 3 rings (SSSR count). The highest BCUT2D eigenvalue weighted by Gasteiger charge is 2.38. The number of hydrogen-bond donors (Lipinski definition) is 5. The molecule has 0 saturated carbocycles. The lowest BCUT2D eigenvalue weighted by Gasteiger charge is -2.32. The van der Waals surface area contributed by atoms with Crippen LogP contribution < -0.4 is 5.32 Å². The number of aromatic hydroxyl groups is 2. The first-order valence-corrected chi connectivity index (χ1v) is 12.3. The van der Waals surface area contributed by atoms with Crippen LogP contribution >= 0.6 is 0 Å². The molecule has 1 amide bonds. The van der Waals surface area contributed by atoms with Crippen LogP contribution in [0.15, 0.2) is 18.2 Å². The van der Waals surface area contributed by atoms with E-state index in [0.29, 0.717) is 36.3 Å². The molecule has 1 aliphatic heterocycles. The molecular weight excluding hydrogens is 480 g/mol. The number of ether oxygens (including phenoxy) is 1. The van der Waals surface area contributed by atoms with Gasteiger partial charge in [-0.15, -0.1) is 0 Å². The number of rotatable bonds is 10. The zero-order valence-corrected chi connectivity index (χ0v) is 21.6. The minimum atomic E-state index is -1.15. The summed E-state index contributed by atoms with van der Waals surface area (Å²) in [6, 6.07) is 2.78. The van der Waals surface area contributed by atoms with Gasteiger partial charge in [0.2, 0.25) is 5.91 Å². The number of phenols is 2.